The molecule has 0 aromatic heterocycles. The summed E-state index contributed by atoms with van der Waals surface area (Å²) in [5.41, 5.74) is -0.232. The van der Waals surface area contributed by atoms with Crippen LogP contribution in [-0.2, 0) is 9.59 Å². The highest BCUT2D eigenvalue weighted by Crippen LogP contribution is 2.45. The number of carboxylic acids is 1. The fraction of sp³-hybridized carbons (Fsp3) is 0.591. The highest BCUT2D eigenvalue weighted by Gasteiger charge is 2.59. The zero-order valence-electron chi connectivity index (χ0n) is 16.2. The third kappa shape index (κ3) is 3.46. The van der Waals surface area contributed by atoms with Gasteiger partial charge in [-0.05, 0) is 12.8 Å². The van der Waals surface area contributed by atoms with E-state index in [4.69, 9.17) is 0 Å². The summed E-state index contributed by atoms with van der Waals surface area (Å²) in [6.07, 6.45) is 5.08. The number of carbonyl (C=O) groups excluding carboxylic acids is 2. The number of hydrogen-bond acceptors (Lipinski definition) is 4. The third-order valence-corrected chi connectivity index (χ3v) is 6.92. The van der Waals surface area contributed by atoms with Crippen molar-refractivity contribution in [2.45, 2.75) is 44.6 Å². The molecule has 3 fully saturated rings. The normalized spacial score (nSPS) is 27.9. The molecule has 2 aliphatic heterocycles. The molecule has 6 nitrogen and oxygen atoms in total. The molecule has 1 amide bonds. The van der Waals surface area contributed by atoms with Crippen LogP contribution in [0.3, 0.4) is 0 Å². The Hall–Kier alpha value is -2.21. The topological polar surface area (TPSA) is 77.9 Å². The minimum atomic E-state index is -0.846. The molecule has 2 heterocycles. The van der Waals surface area contributed by atoms with Gasteiger partial charge in [-0.15, -0.1) is 0 Å². The van der Waals surface area contributed by atoms with E-state index in [1.165, 1.54) is 12.8 Å². The second-order valence-electron chi connectivity index (χ2n) is 8.59. The van der Waals surface area contributed by atoms with E-state index in [0.717, 1.165) is 19.4 Å². The summed E-state index contributed by atoms with van der Waals surface area (Å²) in [4.78, 5) is 41.1. The zero-order valence-corrected chi connectivity index (χ0v) is 16.2. The third-order valence-electron chi connectivity index (χ3n) is 6.92. The fourth-order valence-corrected chi connectivity index (χ4v) is 5.29. The molecule has 1 aromatic rings. The Labute approximate surface area is 165 Å². The van der Waals surface area contributed by atoms with Crippen LogP contribution < -0.4 is 0 Å². The molecular formula is C22H28N2O4. The van der Waals surface area contributed by atoms with Crippen molar-refractivity contribution in [1.29, 1.82) is 0 Å². The van der Waals surface area contributed by atoms with Gasteiger partial charge in [-0.25, -0.2) is 0 Å². The first kappa shape index (κ1) is 19.1. The van der Waals surface area contributed by atoms with Crippen molar-refractivity contribution in [3.8, 4) is 0 Å². The molecule has 0 spiro atoms. The predicted octanol–water partition coefficient (Wildman–Crippen LogP) is 2.44. The van der Waals surface area contributed by atoms with Crippen LogP contribution in [0.25, 0.3) is 0 Å². The van der Waals surface area contributed by atoms with Gasteiger partial charge >= 0.3 is 5.97 Å². The van der Waals surface area contributed by atoms with Crippen LogP contribution in [0.1, 0.15) is 48.9 Å². The Morgan fingerprint density at radius 1 is 1.00 bits per heavy atom. The molecule has 3 aliphatic rings. The van der Waals surface area contributed by atoms with Crippen LogP contribution in [0, 0.1) is 11.3 Å². The van der Waals surface area contributed by atoms with Gasteiger partial charge in [0.25, 0.3) is 0 Å². The molecule has 4 rings (SSSR count). The number of hydrogen-bond donors (Lipinski definition) is 1. The first-order valence-corrected chi connectivity index (χ1v) is 10.3. The second kappa shape index (κ2) is 7.66. The Kier molecular flexibility index (Phi) is 5.23. The van der Waals surface area contributed by atoms with Crippen LogP contribution in [0.5, 0.6) is 0 Å². The van der Waals surface area contributed by atoms with Crippen molar-refractivity contribution in [2.75, 3.05) is 26.2 Å². The first-order chi connectivity index (χ1) is 13.5. The smallest absolute Gasteiger partial charge is 0.313 e. The van der Waals surface area contributed by atoms with Crippen LogP contribution in [-0.4, -0.2) is 64.8 Å². The van der Waals surface area contributed by atoms with Gasteiger partial charge in [-0.2, -0.15) is 0 Å². The SMILES string of the molecule is O=C(CCC(=O)N1CC2CN(C3CCCC3)CC2(C(=O)O)C1)c1ccccc1. The van der Waals surface area contributed by atoms with E-state index in [9.17, 15) is 19.5 Å². The number of rotatable bonds is 6. The molecule has 1 saturated carbocycles. The number of Topliss-reactive ketones (excluding diaryl/α,β-unsaturated/α-hetero) is 1. The van der Waals surface area contributed by atoms with Crippen LogP contribution >= 0.6 is 0 Å². The van der Waals surface area contributed by atoms with E-state index in [0.29, 0.717) is 24.7 Å². The molecule has 150 valence electrons. The number of carbonyl (C=O) groups is 3. The lowest BCUT2D eigenvalue weighted by atomic mass is 9.81. The average molecular weight is 384 g/mol. The average Bonchev–Trinajstić information content (AvgIpc) is 3.40. The van der Waals surface area contributed by atoms with E-state index in [1.807, 2.05) is 18.2 Å². The molecule has 0 radical (unpaired) electrons. The maximum atomic E-state index is 12.7. The molecule has 1 aromatic carbocycles. The zero-order chi connectivity index (χ0) is 19.7. The largest absolute Gasteiger partial charge is 0.481 e. The highest BCUT2D eigenvalue weighted by molar-refractivity contribution is 5.98. The van der Waals surface area contributed by atoms with E-state index in [-0.39, 0.29) is 37.0 Å². The number of ketones is 1. The maximum absolute atomic E-state index is 12.7. The van der Waals surface area contributed by atoms with E-state index < -0.39 is 11.4 Å². The standard InChI is InChI=1S/C22H28N2O4/c25-19(16-6-2-1-3-7-16)10-11-20(26)24-13-17-12-23(18-8-4-5-9-18)14-22(17,15-24)21(27)28/h1-3,6-7,17-18H,4-5,8-15H2,(H,27,28). The number of benzene rings is 1. The van der Waals surface area contributed by atoms with Crippen molar-refractivity contribution in [1.82, 2.24) is 9.80 Å². The van der Waals surface area contributed by atoms with Gasteiger partial charge in [0.15, 0.2) is 5.78 Å². The minimum absolute atomic E-state index is 0.0145. The molecule has 28 heavy (non-hydrogen) atoms. The van der Waals surface area contributed by atoms with E-state index in [1.54, 1.807) is 17.0 Å². The summed E-state index contributed by atoms with van der Waals surface area (Å²) in [6.45, 7) is 2.08. The molecule has 2 saturated heterocycles. The Bertz CT molecular complexity index is 759. The van der Waals surface area contributed by atoms with Gasteiger partial charge in [0, 0.05) is 56.5 Å². The van der Waals surface area contributed by atoms with Crippen molar-refractivity contribution in [2.24, 2.45) is 11.3 Å². The summed E-state index contributed by atoms with van der Waals surface area (Å²) >= 11 is 0. The predicted molar refractivity (Wildman–Crippen MR) is 104 cm³/mol. The Morgan fingerprint density at radius 3 is 2.36 bits per heavy atom. The van der Waals surface area contributed by atoms with Crippen LogP contribution in [0.2, 0.25) is 0 Å². The van der Waals surface area contributed by atoms with E-state index in [2.05, 4.69) is 4.90 Å². The van der Waals surface area contributed by atoms with Crippen molar-refractivity contribution >= 4 is 17.7 Å². The lowest BCUT2D eigenvalue weighted by molar-refractivity contribution is -0.149. The number of fused-ring (bicyclic) bond motifs is 1. The lowest BCUT2D eigenvalue weighted by Crippen LogP contribution is -2.43. The van der Waals surface area contributed by atoms with Gasteiger partial charge in [0.2, 0.25) is 5.91 Å². The first-order valence-electron chi connectivity index (χ1n) is 10.3. The van der Waals surface area contributed by atoms with Crippen LogP contribution in [0.15, 0.2) is 30.3 Å². The highest BCUT2D eigenvalue weighted by atomic mass is 16.4. The van der Waals surface area contributed by atoms with Gasteiger partial charge in [0.1, 0.15) is 5.41 Å². The molecular weight excluding hydrogens is 356 g/mol. The maximum Gasteiger partial charge on any atom is 0.313 e. The van der Waals surface area contributed by atoms with E-state index >= 15 is 0 Å². The number of amides is 1. The fourth-order valence-electron chi connectivity index (χ4n) is 5.29. The summed E-state index contributed by atoms with van der Waals surface area (Å²) in [6, 6.07) is 9.49. The minimum Gasteiger partial charge on any atom is -0.481 e. The van der Waals surface area contributed by atoms with Crippen molar-refractivity contribution in [3.05, 3.63) is 35.9 Å². The molecule has 1 aliphatic carbocycles. The molecule has 6 heteroatoms. The number of likely N-dealkylation sites (tertiary alicyclic amines) is 2. The Morgan fingerprint density at radius 2 is 1.71 bits per heavy atom. The second-order valence-corrected chi connectivity index (χ2v) is 8.59. The molecule has 2 atom stereocenters. The summed E-state index contributed by atoms with van der Waals surface area (Å²) < 4.78 is 0. The van der Waals surface area contributed by atoms with Gasteiger partial charge in [0.05, 0.1) is 0 Å². The number of aliphatic carboxylic acids is 1. The summed E-state index contributed by atoms with van der Waals surface area (Å²) in [5, 5.41) is 9.98. The molecule has 0 bridgehead atoms. The summed E-state index contributed by atoms with van der Waals surface area (Å²) in [5.74, 6) is -0.951. The van der Waals surface area contributed by atoms with Gasteiger partial charge < -0.3 is 10.0 Å². The number of nitrogens with zero attached hydrogens (tertiary/aromatic N) is 2. The van der Waals surface area contributed by atoms with Crippen molar-refractivity contribution < 1.29 is 19.5 Å². The molecule has 1 N–H and O–H groups in total. The quantitative estimate of drug-likeness (QED) is 0.762. The monoisotopic (exact) mass is 384 g/mol. The summed E-state index contributed by atoms with van der Waals surface area (Å²) in [7, 11) is 0. The van der Waals surface area contributed by atoms with Gasteiger partial charge in [-0.1, -0.05) is 43.2 Å². The Balaban J connectivity index is 1.36. The molecule has 2 unspecified atom stereocenters. The van der Waals surface area contributed by atoms with Gasteiger partial charge in [-0.3, -0.25) is 19.3 Å². The van der Waals surface area contributed by atoms with Crippen LogP contribution in [0.4, 0.5) is 0 Å². The number of carboxylic acid groups (broad SMARTS) is 1. The lowest BCUT2D eigenvalue weighted by Gasteiger charge is -2.28. The van der Waals surface area contributed by atoms with Crippen molar-refractivity contribution in [3.63, 3.8) is 0 Å².